The van der Waals surface area contributed by atoms with Gasteiger partial charge in [-0.25, -0.2) is 0 Å². The fourth-order valence-electron chi connectivity index (χ4n) is 4.67. The van der Waals surface area contributed by atoms with E-state index in [0.29, 0.717) is 30.3 Å². The Balaban J connectivity index is 2.29. The van der Waals surface area contributed by atoms with Crippen LogP contribution in [0.3, 0.4) is 0 Å². The number of nitrogens with one attached hydrogen (secondary N) is 1. The lowest BCUT2D eigenvalue weighted by atomic mass is 9.53. The normalized spacial score (nSPS) is 24.9. The molecule has 0 spiro atoms. The highest BCUT2D eigenvalue weighted by molar-refractivity contribution is 6.01. The molecule has 0 aliphatic heterocycles. The van der Waals surface area contributed by atoms with Gasteiger partial charge in [-0.05, 0) is 62.8 Å². The van der Waals surface area contributed by atoms with Gasteiger partial charge >= 0.3 is 0 Å². The van der Waals surface area contributed by atoms with Crippen molar-refractivity contribution in [2.24, 2.45) is 17.3 Å². The van der Waals surface area contributed by atoms with E-state index in [2.05, 4.69) is 18.2 Å². The molecule has 0 aromatic heterocycles. The lowest BCUT2D eigenvalue weighted by Gasteiger charge is -2.46. The highest BCUT2D eigenvalue weighted by atomic mass is 16.5. The molecule has 1 saturated carbocycles. The summed E-state index contributed by atoms with van der Waals surface area (Å²) < 4.78 is 11.5. The molecule has 29 heavy (non-hydrogen) atoms. The van der Waals surface area contributed by atoms with Gasteiger partial charge in [0.2, 0.25) is 0 Å². The second kappa shape index (κ2) is 8.38. The lowest BCUT2D eigenvalue weighted by molar-refractivity contribution is 0.290. The molecule has 2 aliphatic carbocycles. The number of fused-ring (bicyclic) bond motifs is 1. The number of hydrogen-bond donors (Lipinski definition) is 1. The van der Waals surface area contributed by atoms with Crippen LogP contribution in [0.25, 0.3) is 0 Å². The third kappa shape index (κ3) is 3.24. The van der Waals surface area contributed by atoms with Gasteiger partial charge in [-0.2, -0.15) is 15.8 Å². The minimum absolute atomic E-state index is 0.135. The van der Waals surface area contributed by atoms with Crippen LogP contribution in [0.5, 0.6) is 11.5 Å². The van der Waals surface area contributed by atoms with Crippen LogP contribution < -0.4 is 9.47 Å². The Morgan fingerprint density at radius 1 is 1.14 bits per heavy atom. The lowest BCUT2D eigenvalue weighted by Crippen LogP contribution is -2.48. The molecular formula is C23H24N4O2. The maximum absolute atomic E-state index is 10.1. The van der Waals surface area contributed by atoms with Crippen LogP contribution >= 0.6 is 0 Å². The van der Waals surface area contributed by atoms with Crippen LogP contribution in [0.1, 0.15) is 44.6 Å². The van der Waals surface area contributed by atoms with Crippen LogP contribution in [0, 0.1) is 56.7 Å². The second-order valence-electron chi connectivity index (χ2n) is 7.29. The molecule has 6 nitrogen and oxygen atoms in total. The predicted molar refractivity (Wildman–Crippen MR) is 107 cm³/mol. The van der Waals surface area contributed by atoms with Gasteiger partial charge in [0.15, 0.2) is 5.41 Å². The SMILES string of the molecule is CCOc1ccc(OCC)c([C@@H]2[C@H]3CCCC=C3[C@H](C#N)C(=N)C2(C#N)C#N)c1. The van der Waals surface area contributed by atoms with Gasteiger partial charge in [-0.1, -0.05) is 6.08 Å². The van der Waals surface area contributed by atoms with Crippen LogP contribution in [-0.4, -0.2) is 18.9 Å². The summed E-state index contributed by atoms with van der Waals surface area (Å²) in [7, 11) is 0. The van der Waals surface area contributed by atoms with Crippen molar-refractivity contribution in [3.63, 3.8) is 0 Å². The third-order valence-corrected chi connectivity index (χ3v) is 5.85. The number of benzene rings is 1. The Kier molecular flexibility index (Phi) is 5.90. The van der Waals surface area contributed by atoms with Crippen molar-refractivity contribution in [3.05, 3.63) is 35.4 Å². The first-order valence-corrected chi connectivity index (χ1v) is 9.98. The Bertz CT molecular complexity index is 947. The number of nitriles is 3. The van der Waals surface area contributed by atoms with E-state index in [4.69, 9.17) is 14.9 Å². The molecule has 0 heterocycles. The van der Waals surface area contributed by atoms with Gasteiger partial charge in [0.05, 0.1) is 37.1 Å². The molecule has 1 aromatic rings. The summed E-state index contributed by atoms with van der Waals surface area (Å²) in [6.45, 7) is 4.69. The highest BCUT2D eigenvalue weighted by Crippen LogP contribution is 2.57. The first-order valence-electron chi connectivity index (χ1n) is 9.98. The minimum atomic E-state index is -1.73. The van der Waals surface area contributed by atoms with E-state index in [1.54, 1.807) is 6.07 Å². The molecule has 3 atom stereocenters. The van der Waals surface area contributed by atoms with Crippen molar-refractivity contribution in [3.8, 4) is 29.7 Å². The van der Waals surface area contributed by atoms with Gasteiger partial charge < -0.3 is 14.9 Å². The van der Waals surface area contributed by atoms with E-state index in [-0.39, 0.29) is 11.6 Å². The zero-order valence-electron chi connectivity index (χ0n) is 16.7. The Labute approximate surface area is 171 Å². The zero-order valence-corrected chi connectivity index (χ0v) is 16.7. The zero-order chi connectivity index (χ0) is 21.0. The van der Waals surface area contributed by atoms with Crippen LogP contribution in [0.4, 0.5) is 0 Å². The number of ether oxygens (including phenoxy) is 2. The molecule has 148 valence electrons. The molecule has 0 saturated heterocycles. The molecule has 2 aliphatic rings. The molecule has 0 bridgehead atoms. The molecule has 6 heteroatoms. The van der Waals surface area contributed by atoms with Crippen molar-refractivity contribution in [2.75, 3.05) is 13.2 Å². The number of rotatable bonds is 5. The molecular weight excluding hydrogens is 364 g/mol. The summed E-state index contributed by atoms with van der Waals surface area (Å²) in [5, 5.41) is 38.7. The quantitative estimate of drug-likeness (QED) is 0.746. The Hall–Kier alpha value is -3.30. The standard InChI is InChI=1S/C23H24N4O2/c1-3-28-15-9-10-20(29-4-2)18(11-15)21-17-8-6-5-7-16(17)19(12-24)22(27)23(21,13-25)14-26/h7,9-11,17,19,21,27H,3-6,8H2,1-2H3/t17-,19-,21-/m0/s1. The van der Waals surface area contributed by atoms with E-state index < -0.39 is 17.3 Å². The van der Waals surface area contributed by atoms with Crippen molar-refractivity contribution >= 4 is 5.71 Å². The topological polar surface area (TPSA) is 114 Å². The maximum Gasteiger partial charge on any atom is 0.189 e. The van der Waals surface area contributed by atoms with Crippen LogP contribution in [0.15, 0.2) is 29.8 Å². The van der Waals surface area contributed by atoms with Crippen molar-refractivity contribution in [2.45, 2.75) is 39.0 Å². The average Bonchev–Trinajstić information content (AvgIpc) is 2.74. The summed E-state index contributed by atoms with van der Waals surface area (Å²) in [6.07, 6.45) is 4.54. The molecule has 3 rings (SSSR count). The summed E-state index contributed by atoms with van der Waals surface area (Å²) >= 11 is 0. The van der Waals surface area contributed by atoms with Crippen molar-refractivity contribution < 1.29 is 9.47 Å². The minimum Gasteiger partial charge on any atom is -0.494 e. The Morgan fingerprint density at radius 2 is 1.86 bits per heavy atom. The summed E-state index contributed by atoms with van der Waals surface area (Å²) in [5.41, 5.74) is -0.307. The molecule has 1 fully saturated rings. The maximum atomic E-state index is 10.1. The highest BCUT2D eigenvalue weighted by Gasteiger charge is 2.57. The van der Waals surface area contributed by atoms with E-state index in [1.165, 1.54) is 0 Å². The predicted octanol–water partition coefficient (Wildman–Crippen LogP) is 4.50. The molecule has 1 N–H and O–H groups in total. The van der Waals surface area contributed by atoms with Gasteiger partial charge in [0, 0.05) is 11.5 Å². The van der Waals surface area contributed by atoms with E-state index in [9.17, 15) is 15.8 Å². The van der Waals surface area contributed by atoms with E-state index in [0.717, 1.165) is 24.8 Å². The first-order chi connectivity index (χ1) is 14.1. The second-order valence-corrected chi connectivity index (χ2v) is 7.29. The monoisotopic (exact) mass is 388 g/mol. The summed E-state index contributed by atoms with van der Waals surface area (Å²) in [6, 6.07) is 11.9. The van der Waals surface area contributed by atoms with E-state index in [1.807, 2.05) is 32.1 Å². The van der Waals surface area contributed by atoms with Crippen LogP contribution in [-0.2, 0) is 0 Å². The van der Waals surface area contributed by atoms with E-state index >= 15 is 0 Å². The number of hydrogen-bond acceptors (Lipinski definition) is 6. The fourth-order valence-corrected chi connectivity index (χ4v) is 4.67. The molecule has 0 amide bonds. The van der Waals surface area contributed by atoms with Crippen LogP contribution in [0.2, 0.25) is 0 Å². The third-order valence-electron chi connectivity index (χ3n) is 5.85. The first kappa shape index (κ1) is 20.4. The van der Waals surface area contributed by atoms with Crippen molar-refractivity contribution in [1.82, 2.24) is 0 Å². The average molecular weight is 388 g/mol. The number of nitrogens with zero attached hydrogens (tertiary/aromatic N) is 3. The fraction of sp³-hybridized carbons (Fsp3) is 0.478. The largest absolute Gasteiger partial charge is 0.494 e. The van der Waals surface area contributed by atoms with Gasteiger partial charge in [-0.3, -0.25) is 0 Å². The van der Waals surface area contributed by atoms with Crippen molar-refractivity contribution in [1.29, 1.82) is 21.2 Å². The molecule has 0 unspecified atom stereocenters. The van der Waals surface area contributed by atoms with Gasteiger partial charge in [0.1, 0.15) is 17.4 Å². The van der Waals surface area contributed by atoms with Gasteiger partial charge in [-0.15, -0.1) is 0 Å². The summed E-state index contributed by atoms with van der Waals surface area (Å²) in [5.74, 6) is -0.377. The number of allylic oxidation sites excluding steroid dienone is 2. The smallest absolute Gasteiger partial charge is 0.189 e. The van der Waals surface area contributed by atoms with Gasteiger partial charge in [0.25, 0.3) is 0 Å². The molecule has 1 aromatic carbocycles. The Morgan fingerprint density at radius 3 is 2.48 bits per heavy atom. The summed E-state index contributed by atoms with van der Waals surface area (Å²) in [4.78, 5) is 0. The molecule has 0 radical (unpaired) electrons.